The minimum absolute atomic E-state index is 0.0512. The molecule has 7 nitrogen and oxygen atoms in total. The number of alkyl halides is 3. The zero-order valence-electron chi connectivity index (χ0n) is 16.9. The molecule has 1 N–H and O–H groups in total. The predicted molar refractivity (Wildman–Crippen MR) is 103 cm³/mol. The zero-order chi connectivity index (χ0) is 22.2. The molecular weight excluding hydrogens is 415 g/mol. The molecule has 0 bridgehead atoms. The summed E-state index contributed by atoms with van der Waals surface area (Å²) in [6.07, 6.45) is -2.93. The minimum Gasteiger partial charge on any atom is -0.366 e. The van der Waals surface area contributed by atoms with Gasteiger partial charge in [0.05, 0.1) is 17.7 Å². The van der Waals surface area contributed by atoms with Gasteiger partial charge in [0.15, 0.2) is 5.78 Å². The number of morpholine rings is 1. The van der Waals surface area contributed by atoms with Crippen LogP contribution in [0.3, 0.4) is 0 Å². The number of amides is 3. The molecular formula is C21H24F3N3O4. The summed E-state index contributed by atoms with van der Waals surface area (Å²) < 4.78 is 43.6. The first kappa shape index (κ1) is 21.6. The highest BCUT2D eigenvalue weighted by Gasteiger charge is 2.38. The molecule has 3 fully saturated rings. The SMILES string of the molecule is O=C1COC2CCN(C(=O)N3CCC(C(=O)c4ccc(C(F)(F)F)cc4)CC3)CC2N1. The summed E-state index contributed by atoms with van der Waals surface area (Å²) in [5.41, 5.74) is -0.527. The average Bonchev–Trinajstić information content (AvgIpc) is 2.77. The van der Waals surface area contributed by atoms with E-state index in [1.165, 1.54) is 12.1 Å². The van der Waals surface area contributed by atoms with Gasteiger partial charge in [-0.15, -0.1) is 0 Å². The maximum Gasteiger partial charge on any atom is 0.416 e. The molecule has 2 unspecified atom stereocenters. The molecule has 1 aromatic carbocycles. The number of halogens is 3. The summed E-state index contributed by atoms with van der Waals surface area (Å²) in [4.78, 5) is 40.5. The molecule has 3 saturated heterocycles. The van der Waals surface area contributed by atoms with Gasteiger partial charge in [0.1, 0.15) is 6.61 Å². The van der Waals surface area contributed by atoms with Crippen LogP contribution in [0.25, 0.3) is 0 Å². The van der Waals surface area contributed by atoms with Crippen LogP contribution in [0, 0.1) is 5.92 Å². The number of fused-ring (bicyclic) bond motifs is 1. The van der Waals surface area contributed by atoms with Gasteiger partial charge in [-0.2, -0.15) is 13.2 Å². The second-order valence-corrected chi connectivity index (χ2v) is 8.24. The lowest BCUT2D eigenvalue weighted by atomic mass is 9.88. The summed E-state index contributed by atoms with van der Waals surface area (Å²) in [5.74, 6) is -0.695. The van der Waals surface area contributed by atoms with Crippen LogP contribution in [0.1, 0.15) is 35.2 Å². The Labute approximate surface area is 177 Å². The van der Waals surface area contributed by atoms with Gasteiger partial charge in [-0.25, -0.2) is 4.79 Å². The van der Waals surface area contributed by atoms with Crippen LogP contribution in [0.15, 0.2) is 24.3 Å². The molecule has 3 heterocycles. The molecule has 0 aliphatic carbocycles. The van der Waals surface area contributed by atoms with E-state index in [4.69, 9.17) is 4.74 Å². The molecule has 2 atom stereocenters. The van der Waals surface area contributed by atoms with E-state index in [2.05, 4.69) is 5.32 Å². The molecule has 1 aromatic rings. The number of nitrogens with one attached hydrogen (secondary N) is 1. The van der Waals surface area contributed by atoms with Crippen molar-refractivity contribution in [3.8, 4) is 0 Å². The molecule has 0 spiro atoms. The van der Waals surface area contributed by atoms with E-state index in [1.807, 2.05) is 0 Å². The van der Waals surface area contributed by atoms with Crippen molar-refractivity contribution in [2.24, 2.45) is 5.92 Å². The fourth-order valence-electron chi connectivity index (χ4n) is 4.47. The summed E-state index contributed by atoms with van der Waals surface area (Å²) in [7, 11) is 0. The Morgan fingerprint density at radius 1 is 1.00 bits per heavy atom. The number of piperidine rings is 2. The maximum atomic E-state index is 12.9. The predicted octanol–water partition coefficient (Wildman–Crippen LogP) is 2.31. The van der Waals surface area contributed by atoms with Crippen LogP contribution >= 0.6 is 0 Å². The normalized spacial score (nSPS) is 25.1. The average molecular weight is 439 g/mol. The lowest BCUT2D eigenvalue weighted by molar-refractivity contribution is -0.140. The molecule has 0 saturated carbocycles. The number of ketones is 1. The third-order valence-electron chi connectivity index (χ3n) is 6.23. The summed E-state index contributed by atoms with van der Waals surface area (Å²) in [6, 6.07) is 3.93. The summed E-state index contributed by atoms with van der Waals surface area (Å²) >= 11 is 0. The van der Waals surface area contributed by atoms with Crippen molar-refractivity contribution in [1.29, 1.82) is 0 Å². The zero-order valence-corrected chi connectivity index (χ0v) is 16.9. The molecule has 3 aliphatic heterocycles. The van der Waals surface area contributed by atoms with Crippen molar-refractivity contribution in [2.45, 2.75) is 37.6 Å². The molecule has 3 aliphatic rings. The van der Waals surface area contributed by atoms with E-state index < -0.39 is 11.7 Å². The number of carbonyl (C=O) groups is 3. The Balaban J connectivity index is 1.30. The number of likely N-dealkylation sites (tertiary alicyclic amines) is 2. The Morgan fingerprint density at radius 3 is 2.29 bits per heavy atom. The first-order valence-electron chi connectivity index (χ1n) is 10.4. The van der Waals surface area contributed by atoms with E-state index in [0.717, 1.165) is 12.1 Å². The number of ether oxygens (including phenoxy) is 1. The monoisotopic (exact) mass is 439 g/mol. The number of rotatable bonds is 2. The van der Waals surface area contributed by atoms with Gasteiger partial charge in [0, 0.05) is 37.7 Å². The molecule has 31 heavy (non-hydrogen) atoms. The van der Waals surface area contributed by atoms with Gasteiger partial charge >= 0.3 is 12.2 Å². The quantitative estimate of drug-likeness (QED) is 0.718. The van der Waals surface area contributed by atoms with Crippen molar-refractivity contribution < 1.29 is 32.3 Å². The second-order valence-electron chi connectivity index (χ2n) is 8.24. The lowest BCUT2D eigenvalue weighted by Gasteiger charge is -2.43. The van der Waals surface area contributed by atoms with Crippen LogP contribution in [-0.2, 0) is 15.7 Å². The number of hydrogen-bond acceptors (Lipinski definition) is 4. The van der Waals surface area contributed by atoms with Gasteiger partial charge in [-0.05, 0) is 31.4 Å². The van der Waals surface area contributed by atoms with Crippen molar-refractivity contribution in [3.63, 3.8) is 0 Å². The third-order valence-corrected chi connectivity index (χ3v) is 6.23. The smallest absolute Gasteiger partial charge is 0.366 e. The van der Waals surface area contributed by atoms with Crippen molar-refractivity contribution in [3.05, 3.63) is 35.4 Å². The molecule has 0 radical (unpaired) electrons. The van der Waals surface area contributed by atoms with Crippen LogP contribution in [-0.4, -0.2) is 72.5 Å². The van der Waals surface area contributed by atoms with E-state index in [-0.39, 0.29) is 48.0 Å². The van der Waals surface area contributed by atoms with E-state index >= 15 is 0 Å². The van der Waals surface area contributed by atoms with Gasteiger partial charge in [-0.1, -0.05) is 12.1 Å². The Kier molecular flexibility index (Phi) is 5.92. The van der Waals surface area contributed by atoms with Crippen LogP contribution in [0.4, 0.5) is 18.0 Å². The number of Topliss-reactive ketones (excluding diaryl/α,β-unsaturated/α-hetero) is 1. The Bertz CT molecular complexity index is 850. The summed E-state index contributed by atoms with van der Waals surface area (Å²) in [6.45, 7) is 1.79. The number of benzene rings is 1. The Morgan fingerprint density at radius 2 is 1.65 bits per heavy atom. The fraction of sp³-hybridized carbons (Fsp3) is 0.571. The number of carbonyl (C=O) groups excluding carboxylic acids is 3. The highest BCUT2D eigenvalue weighted by molar-refractivity contribution is 5.98. The number of nitrogens with zero attached hydrogens (tertiary/aromatic N) is 2. The summed E-state index contributed by atoms with van der Waals surface area (Å²) in [5, 5.41) is 2.87. The van der Waals surface area contributed by atoms with E-state index in [9.17, 15) is 27.6 Å². The van der Waals surface area contributed by atoms with Gasteiger partial charge < -0.3 is 19.9 Å². The molecule has 0 aromatic heterocycles. The lowest BCUT2D eigenvalue weighted by Crippen LogP contribution is -2.62. The first-order chi connectivity index (χ1) is 14.7. The topological polar surface area (TPSA) is 79.0 Å². The Hall–Kier alpha value is -2.62. The van der Waals surface area contributed by atoms with Gasteiger partial charge in [0.25, 0.3) is 0 Å². The number of urea groups is 1. The standard InChI is InChI=1S/C21H24F3N3O4/c22-21(23,24)15-3-1-13(2-4-15)19(29)14-5-8-26(9-6-14)20(30)27-10-7-17-16(11-27)25-18(28)12-31-17/h1-4,14,16-17H,5-12H2,(H,25,28). The van der Waals surface area contributed by atoms with E-state index in [1.54, 1.807) is 9.80 Å². The highest BCUT2D eigenvalue weighted by atomic mass is 19.4. The fourth-order valence-corrected chi connectivity index (χ4v) is 4.47. The molecule has 10 heteroatoms. The van der Waals surface area contributed by atoms with Crippen molar-refractivity contribution in [2.75, 3.05) is 32.8 Å². The van der Waals surface area contributed by atoms with Crippen LogP contribution < -0.4 is 5.32 Å². The maximum absolute atomic E-state index is 12.9. The first-order valence-corrected chi connectivity index (χ1v) is 10.4. The molecule has 3 amide bonds. The van der Waals surface area contributed by atoms with Crippen LogP contribution in [0.5, 0.6) is 0 Å². The van der Waals surface area contributed by atoms with Gasteiger partial charge in [-0.3, -0.25) is 9.59 Å². The molecule has 4 rings (SSSR count). The van der Waals surface area contributed by atoms with Crippen molar-refractivity contribution in [1.82, 2.24) is 15.1 Å². The second kappa shape index (κ2) is 8.49. The largest absolute Gasteiger partial charge is 0.416 e. The van der Waals surface area contributed by atoms with Crippen LogP contribution in [0.2, 0.25) is 0 Å². The van der Waals surface area contributed by atoms with Crippen molar-refractivity contribution >= 4 is 17.7 Å². The van der Waals surface area contributed by atoms with Gasteiger partial charge in [0.2, 0.25) is 5.91 Å². The van der Waals surface area contributed by atoms with E-state index in [0.29, 0.717) is 45.4 Å². The highest BCUT2D eigenvalue weighted by Crippen LogP contribution is 2.30. The minimum atomic E-state index is -4.44. The number of hydrogen-bond donors (Lipinski definition) is 1. The third kappa shape index (κ3) is 4.68. The molecule has 168 valence electrons.